The monoisotopic (exact) mass is 300 g/mol. The highest BCUT2D eigenvalue weighted by Gasteiger charge is 2.32. The van der Waals surface area contributed by atoms with E-state index in [0.29, 0.717) is 12.1 Å². The maximum absolute atomic E-state index is 12.8. The second-order valence-corrected chi connectivity index (χ2v) is 5.68. The summed E-state index contributed by atoms with van der Waals surface area (Å²) in [6.45, 7) is 2.50. The van der Waals surface area contributed by atoms with Gasteiger partial charge in [0, 0.05) is 19.2 Å². The molecule has 116 valence electrons. The fourth-order valence-electron chi connectivity index (χ4n) is 3.05. The standard InChI is InChI=1S/C16H20N4O2/c1-10-18-12-7-6-11(9-13(12)19-10)16(22)20-8-4-3-5-14(20)15(21)17-2/h6-7,9,14H,3-5,8H2,1-2H3,(H,17,21)(H,18,19). The molecular weight excluding hydrogens is 280 g/mol. The SMILES string of the molecule is CNC(=O)C1CCCCN1C(=O)c1ccc2nc(C)[nH]c2c1. The lowest BCUT2D eigenvalue weighted by Gasteiger charge is -2.34. The van der Waals surface area contributed by atoms with E-state index in [1.165, 1.54) is 0 Å². The quantitative estimate of drug-likeness (QED) is 0.884. The molecule has 2 heterocycles. The van der Waals surface area contributed by atoms with Crippen molar-refractivity contribution in [3.05, 3.63) is 29.6 Å². The van der Waals surface area contributed by atoms with Crippen LogP contribution in [0.3, 0.4) is 0 Å². The number of aryl methyl sites for hydroxylation is 1. The van der Waals surface area contributed by atoms with Crippen LogP contribution < -0.4 is 5.32 Å². The van der Waals surface area contributed by atoms with Gasteiger partial charge in [-0.15, -0.1) is 0 Å². The van der Waals surface area contributed by atoms with Crippen LogP contribution in [0, 0.1) is 6.92 Å². The number of carbonyl (C=O) groups is 2. The summed E-state index contributed by atoms with van der Waals surface area (Å²) in [5.74, 6) is 0.634. The second kappa shape index (κ2) is 5.79. The van der Waals surface area contributed by atoms with Gasteiger partial charge in [0.05, 0.1) is 11.0 Å². The van der Waals surface area contributed by atoms with Crippen LogP contribution in [0.25, 0.3) is 11.0 Å². The Morgan fingerprint density at radius 2 is 2.18 bits per heavy atom. The molecule has 22 heavy (non-hydrogen) atoms. The zero-order valence-electron chi connectivity index (χ0n) is 12.8. The predicted molar refractivity (Wildman–Crippen MR) is 83.6 cm³/mol. The summed E-state index contributed by atoms with van der Waals surface area (Å²) >= 11 is 0. The summed E-state index contributed by atoms with van der Waals surface area (Å²) in [4.78, 5) is 34.0. The Hall–Kier alpha value is -2.37. The topological polar surface area (TPSA) is 78.1 Å². The van der Waals surface area contributed by atoms with Gasteiger partial charge in [0.15, 0.2) is 0 Å². The molecule has 1 atom stereocenters. The van der Waals surface area contributed by atoms with Gasteiger partial charge in [-0.05, 0) is 44.4 Å². The Labute approximate surface area is 128 Å². The minimum absolute atomic E-state index is 0.0912. The van der Waals surface area contributed by atoms with Gasteiger partial charge in [0.2, 0.25) is 5.91 Å². The number of aromatic nitrogens is 2. The maximum atomic E-state index is 12.8. The van der Waals surface area contributed by atoms with Crippen LogP contribution in [0.15, 0.2) is 18.2 Å². The number of fused-ring (bicyclic) bond motifs is 1. The number of nitrogens with zero attached hydrogens (tertiary/aromatic N) is 2. The third-order valence-corrected chi connectivity index (χ3v) is 4.16. The summed E-state index contributed by atoms with van der Waals surface area (Å²) < 4.78 is 0. The number of nitrogens with one attached hydrogen (secondary N) is 2. The summed E-state index contributed by atoms with van der Waals surface area (Å²) in [5, 5.41) is 2.65. The normalized spacial score (nSPS) is 18.5. The molecular formula is C16H20N4O2. The molecule has 1 aliphatic heterocycles. The van der Waals surface area contributed by atoms with Gasteiger partial charge in [-0.25, -0.2) is 4.98 Å². The smallest absolute Gasteiger partial charge is 0.254 e. The summed E-state index contributed by atoms with van der Waals surface area (Å²) in [6, 6.07) is 5.06. The van der Waals surface area contributed by atoms with Gasteiger partial charge < -0.3 is 15.2 Å². The van der Waals surface area contributed by atoms with Crippen molar-refractivity contribution in [3.8, 4) is 0 Å². The number of likely N-dealkylation sites (N-methyl/N-ethyl adjacent to an activating group) is 1. The number of hydrogen-bond acceptors (Lipinski definition) is 3. The van der Waals surface area contributed by atoms with E-state index in [1.807, 2.05) is 19.1 Å². The average Bonchev–Trinajstić information content (AvgIpc) is 2.92. The zero-order valence-corrected chi connectivity index (χ0v) is 12.8. The summed E-state index contributed by atoms with van der Waals surface area (Å²) in [5.41, 5.74) is 2.28. The number of imidazole rings is 1. The number of H-pyrrole nitrogens is 1. The maximum Gasteiger partial charge on any atom is 0.254 e. The van der Waals surface area contributed by atoms with E-state index in [-0.39, 0.29) is 17.9 Å². The van der Waals surface area contributed by atoms with Crippen molar-refractivity contribution in [1.29, 1.82) is 0 Å². The molecule has 2 N–H and O–H groups in total. The Morgan fingerprint density at radius 3 is 2.95 bits per heavy atom. The Balaban J connectivity index is 1.90. The van der Waals surface area contributed by atoms with Crippen LogP contribution in [0.2, 0.25) is 0 Å². The molecule has 1 fully saturated rings. The molecule has 6 heteroatoms. The molecule has 2 aromatic rings. The van der Waals surface area contributed by atoms with Crippen LogP contribution in [0.4, 0.5) is 0 Å². The van der Waals surface area contributed by atoms with Crippen molar-refractivity contribution in [1.82, 2.24) is 20.2 Å². The molecule has 1 saturated heterocycles. The predicted octanol–water partition coefficient (Wildman–Crippen LogP) is 1.61. The number of carbonyl (C=O) groups excluding carboxylic acids is 2. The largest absolute Gasteiger partial charge is 0.357 e. The number of amides is 2. The van der Waals surface area contributed by atoms with Gasteiger partial charge in [-0.2, -0.15) is 0 Å². The zero-order chi connectivity index (χ0) is 15.7. The minimum Gasteiger partial charge on any atom is -0.357 e. The van der Waals surface area contributed by atoms with Crippen LogP contribution in [-0.2, 0) is 4.79 Å². The van der Waals surface area contributed by atoms with Crippen molar-refractivity contribution < 1.29 is 9.59 Å². The highest BCUT2D eigenvalue weighted by atomic mass is 16.2. The Kier molecular flexibility index (Phi) is 3.83. The molecule has 1 aromatic carbocycles. The van der Waals surface area contributed by atoms with E-state index in [4.69, 9.17) is 0 Å². The minimum atomic E-state index is -0.370. The third kappa shape index (κ3) is 2.56. The number of aromatic amines is 1. The number of benzene rings is 1. The first-order valence-electron chi connectivity index (χ1n) is 7.59. The number of rotatable bonds is 2. The molecule has 0 radical (unpaired) electrons. The molecule has 1 aliphatic rings. The first-order chi connectivity index (χ1) is 10.6. The molecule has 0 spiro atoms. The van der Waals surface area contributed by atoms with Gasteiger partial charge in [-0.3, -0.25) is 9.59 Å². The molecule has 2 amide bonds. The number of likely N-dealkylation sites (tertiary alicyclic amines) is 1. The molecule has 0 bridgehead atoms. The van der Waals surface area contributed by atoms with Crippen LogP contribution in [0.5, 0.6) is 0 Å². The van der Waals surface area contributed by atoms with Gasteiger partial charge in [0.1, 0.15) is 11.9 Å². The van der Waals surface area contributed by atoms with E-state index in [1.54, 1.807) is 18.0 Å². The van der Waals surface area contributed by atoms with Gasteiger partial charge >= 0.3 is 0 Å². The van der Waals surface area contributed by atoms with E-state index in [9.17, 15) is 9.59 Å². The van der Waals surface area contributed by atoms with Crippen LogP contribution >= 0.6 is 0 Å². The van der Waals surface area contributed by atoms with Crippen molar-refractivity contribution in [3.63, 3.8) is 0 Å². The van der Waals surface area contributed by atoms with Crippen molar-refractivity contribution in [2.75, 3.05) is 13.6 Å². The summed E-state index contributed by atoms with van der Waals surface area (Å²) in [7, 11) is 1.61. The van der Waals surface area contributed by atoms with Crippen LogP contribution in [0.1, 0.15) is 35.4 Å². The van der Waals surface area contributed by atoms with Crippen LogP contribution in [-0.4, -0.2) is 46.3 Å². The average molecular weight is 300 g/mol. The van der Waals surface area contributed by atoms with Crippen molar-refractivity contribution in [2.24, 2.45) is 0 Å². The second-order valence-electron chi connectivity index (χ2n) is 5.68. The fourth-order valence-corrected chi connectivity index (χ4v) is 3.05. The number of hydrogen-bond donors (Lipinski definition) is 2. The lowest BCUT2D eigenvalue weighted by atomic mass is 10.00. The van der Waals surface area contributed by atoms with E-state index >= 15 is 0 Å². The lowest BCUT2D eigenvalue weighted by Crippen LogP contribution is -2.51. The first-order valence-corrected chi connectivity index (χ1v) is 7.59. The van der Waals surface area contributed by atoms with E-state index < -0.39 is 0 Å². The third-order valence-electron chi connectivity index (χ3n) is 4.16. The van der Waals surface area contributed by atoms with Gasteiger partial charge in [0.25, 0.3) is 5.91 Å². The molecule has 0 aliphatic carbocycles. The summed E-state index contributed by atoms with van der Waals surface area (Å²) in [6.07, 6.45) is 2.63. The molecule has 3 rings (SSSR count). The molecule has 1 unspecified atom stereocenters. The molecule has 6 nitrogen and oxygen atoms in total. The Morgan fingerprint density at radius 1 is 1.36 bits per heavy atom. The number of piperidine rings is 1. The lowest BCUT2D eigenvalue weighted by molar-refractivity contribution is -0.126. The Bertz CT molecular complexity index is 722. The highest BCUT2D eigenvalue weighted by Crippen LogP contribution is 2.21. The molecule has 0 saturated carbocycles. The van der Waals surface area contributed by atoms with Gasteiger partial charge in [-0.1, -0.05) is 0 Å². The van der Waals surface area contributed by atoms with Crippen molar-refractivity contribution in [2.45, 2.75) is 32.2 Å². The first kappa shape index (κ1) is 14.6. The van der Waals surface area contributed by atoms with Crippen molar-refractivity contribution >= 4 is 22.8 Å². The van der Waals surface area contributed by atoms with E-state index in [2.05, 4.69) is 15.3 Å². The molecule has 1 aromatic heterocycles. The van der Waals surface area contributed by atoms with E-state index in [0.717, 1.165) is 36.1 Å². The highest BCUT2D eigenvalue weighted by molar-refractivity contribution is 6.00. The fraction of sp³-hybridized carbons (Fsp3) is 0.438.